The summed E-state index contributed by atoms with van der Waals surface area (Å²) in [5, 5.41) is 24.8. The van der Waals surface area contributed by atoms with Crippen molar-refractivity contribution < 1.29 is 57.0 Å². The van der Waals surface area contributed by atoms with Crippen LogP contribution in [0.3, 0.4) is 0 Å². The number of fused-ring (bicyclic) bond motifs is 1. The first-order chi connectivity index (χ1) is 19.7. The third kappa shape index (κ3) is 7.23. The van der Waals surface area contributed by atoms with Gasteiger partial charge in [-0.05, 0) is 60.7 Å². The van der Waals surface area contributed by atoms with Crippen molar-refractivity contribution in [2.45, 2.75) is 19.6 Å². The van der Waals surface area contributed by atoms with Gasteiger partial charge in [-0.2, -0.15) is 43.9 Å². The van der Waals surface area contributed by atoms with Crippen LogP contribution in [0.5, 0.6) is 5.75 Å². The van der Waals surface area contributed by atoms with Gasteiger partial charge < -0.3 is 5.11 Å². The van der Waals surface area contributed by atoms with Crippen LogP contribution in [-0.2, 0) is 40.5 Å². The van der Waals surface area contributed by atoms with E-state index in [1.165, 1.54) is 18.2 Å². The molecule has 0 heterocycles. The van der Waals surface area contributed by atoms with Crippen molar-refractivity contribution in [2.75, 3.05) is 0 Å². The Balaban J connectivity index is 1.80. The molecule has 4 aromatic rings. The standard InChI is InChI=1S/C22H16N4O13S4/c27-22-17-10-15(41(31,32)33)6-7-16(17)19(11-21(22)43(37,38)39)26-25-18-8-3-13(9-20(18)42(34,35)36)24-23-12-1-4-14(5-2-12)40(28,29)30/h1-11,27H,(H,28,29,30)(H,31,32,33)(H,34,35,36)(H,37,38,39). The lowest BCUT2D eigenvalue weighted by atomic mass is 10.1. The number of nitrogens with zero attached hydrogens (tertiary/aromatic N) is 4. The summed E-state index contributed by atoms with van der Waals surface area (Å²) in [6, 6.07) is 10.8. The quantitative estimate of drug-likeness (QED) is 0.129. The van der Waals surface area contributed by atoms with Crippen LogP contribution >= 0.6 is 0 Å². The summed E-state index contributed by atoms with van der Waals surface area (Å²) >= 11 is 0. The highest BCUT2D eigenvalue weighted by atomic mass is 32.2. The van der Waals surface area contributed by atoms with Crippen LogP contribution < -0.4 is 0 Å². The van der Waals surface area contributed by atoms with Crippen LogP contribution in [0, 0.1) is 0 Å². The second-order valence-corrected chi connectivity index (χ2v) is 14.0. The third-order valence-corrected chi connectivity index (χ3v) is 8.97. The molecule has 17 nitrogen and oxygen atoms in total. The van der Waals surface area contributed by atoms with Crippen molar-refractivity contribution in [3.8, 4) is 5.75 Å². The van der Waals surface area contributed by atoms with Crippen LogP contribution in [-0.4, -0.2) is 57.0 Å². The molecule has 0 saturated carbocycles. The summed E-state index contributed by atoms with van der Waals surface area (Å²) in [5.74, 6) is -1.08. The molecule has 0 aliphatic heterocycles. The number of rotatable bonds is 8. The molecule has 4 rings (SSSR count). The van der Waals surface area contributed by atoms with Gasteiger partial charge in [-0.25, -0.2) is 0 Å². The Morgan fingerprint density at radius 1 is 0.442 bits per heavy atom. The van der Waals surface area contributed by atoms with E-state index in [1.54, 1.807) is 0 Å². The fourth-order valence-corrected chi connectivity index (χ4v) is 5.79. The molecule has 0 radical (unpaired) electrons. The molecule has 226 valence electrons. The molecule has 0 unspecified atom stereocenters. The van der Waals surface area contributed by atoms with Gasteiger partial charge in [-0.15, -0.1) is 10.2 Å². The number of azo groups is 2. The predicted molar refractivity (Wildman–Crippen MR) is 146 cm³/mol. The Hall–Kier alpha value is -4.22. The van der Waals surface area contributed by atoms with Gasteiger partial charge in [-0.3, -0.25) is 18.2 Å². The van der Waals surface area contributed by atoms with Crippen molar-refractivity contribution in [3.05, 3.63) is 66.7 Å². The van der Waals surface area contributed by atoms with E-state index in [0.29, 0.717) is 12.1 Å². The average molecular weight is 673 g/mol. The Morgan fingerprint density at radius 2 is 0.953 bits per heavy atom. The molecule has 0 aliphatic carbocycles. The van der Waals surface area contributed by atoms with Gasteiger partial charge in [0.05, 0.1) is 26.9 Å². The molecule has 43 heavy (non-hydrogen) atoms. The van der Waals surface area contributed by atoms with Gasteiger partial charge in [0.1, 0.15) is 21.2 Å². The number of phenolic OH excluding ortho intramolecular Hbond substituents is 1. The minimum absolute atomic E-state index is 0.107. The first-order valence-electron chi connectivity index (χ1n) is 11.0. The molecule has 0 aromatic heterocycles. The fraction of sp³-hybridized carbons (Fsp3) is 0. The molecule has 0 saturated heterocycles. The van der Waals surface area contributed by atoms with Crippen molar-refractivity contribution in [1.82, 2.24) is 0 Å². The monoisotopic (exact) mass is 672 g/mol. The number of hydrogen-bond donors (Lipinski definition) is 5. The zero-order valence-electron chi connectivity index (χ0n) is 20.8. The molecule has 21 heteroatoms. The lowest BCUT2D eigenvalue weighted by Crippen LogP contribution is -2.01. The molecule has 0 amide bonds. The number of hydrogen-bond acceptors (Lipinski definition) is 13. The van der Waals surface area contributed by atoms with Crippen molar-refractivity contribution in [1.29, 1.82) is 0 Å². The molecule has 0 fully saturated rings. The smallest absolute Gasteiger partial charge is 0.298 e. The van der Waals surface area contributed by atoms with Gasteiger partial charge in [0.15, 0.2) is 0 Å². The van der Waals surface area contributed by atoms with Gasteiger partial charge in [0.25, 0.3) is 40.5 Å². The minimum Gasteiger partial charge on any atom is -0.506 e. The number of benzene rings is 4. The third-order valence-electron chi connectivity index (χ3n) is 5.50. The highest BCUT2D eigenvalue weighted by Gasteiger charge is 2.23. The normalized spacial score (nSPS) is 13.3. The molecule has 0 spiro atoms. The summed E-state index contributed by atoms with van der Waals surface area (Å²) in [7, 11) is -19.4. The summed E-state index contributed by atoms with van der Waals surface area (Å²) in [6.07, 6.45) is 0. The molecular weight excluding hydrogens is 657 g/mol. The van der Waals surface area contributed by atoms with Crippen molar-refractivity contribution >= 4 is 74.0 Å². The zero-order chi connectivity index (χ0) is 32.0. The van der Waals surface area contributed by atoms with Gasteiger partial charge in [0.2, 0.25) is 0 Å². The molecule has 0 bridgehead atoms. The Morgan fingerprint density at radius 3 is 1.51 bits per heavy atom. The maximum absolute atomic E-state index is 12.1. The SMILES string of the molecule is O=S(=O)(O)c1ccc(N=Nc2ccc(N=Nc3cc(S(=O)(=O)O)c(O)c4cc(S(=O)(=O)O)ccc34)c(S(=O)(=O)O)c2)cc1. The summed E-state index contributed by atoms with van der Waals surface area (Å²) < 4.78 is 131. The average Bonchev–Trinajstić information content (AvgIpc) is 2.89. The number of aromatic hydroxyl groups is 1. The largest absolute Gasteiger partial charge is 0.506 e. The highest BCUT2D eigenvalue weighted by molar-refractivity contribution is 7.86. The highest BCUT2D eigenvalue weighted by Crippen LogP contribution is 2.40. The Kier molecular flexibility index (Phi) is 8.20. The van der Waals surface area contributed by atoms with Crippen LogP contribution in [0.2, 0.25) is 0 Å². The minimum atomic E-state index is -5.12. The zero-order valence-corrected chi connectivity index (χ0v) is 24.0. The number of phenols is 1. The second-order valence-electron chi connectivity index (χ2n) is 8.40. The van der Waals surface area contributed by atoms with E-state index >= 15 is 0 Å². The first kappa shape index (κ1) is 31.7. The summed E-state index contributed by atoms with van der Waals surface area (Å²) in [6.45, 7) is 0. The van der Waals surface area contributed by atoms with Gasteiger partial charge >= 0.3 is 0 Å². The molecule has 4 aromatic carbocycles. The van der Waals surface area contributed by atoms with Crippen LogP contribution in [0.15, 0.2) is 107 Å². The lowest BCUT2D eigenvalue weighted by molar-refractivity contribution is 0.448. The maximum Gasteiger partial charge on any atom is 0.298 e. The van der Waals surface area contributed by atoms with Gasteiger partial charge in [-0.1, -0.05) is 6.07 Å². The van der Waals surface area contributed by atoms with E-state index in [2.05, 4.69) is 20.5 Å². The Labute approximate surface area is 242 Å². The van der Waals surface area contributed by atoms with Crippen LogP contribution in [0.25, 0.3) is 10.8 Å². The van der Waals surface area contributed by atoms with Crippen LogP contribution in [0.1, 0.15) is 0 Å². The second kappa shape index (κ2) is 11.1. The molecular formula is C22H16N4O13S4. The molecule has 0 atom stereocenters. The van der Waals surface area contributed by atoms with Crippen molar-refractivity contribution in [3.63, 3.8) is 0 Å². The predicted octanol–water partition coefficient (Wildman–Crippen LogP) is 4.36. The molecule has 0 aliphatic rings. The van der Waals surface area contributed by atoms with Crippen molar-refractivity contribution in [2.24, 2.45) is 20.5 Å². The Bertz CT molecular complexity index is 2290. The maximum atomic E-state index is 12.1. The van der Waals surface area contributed by atoms with E-state index in [1.807, 2.05) is 0 Å². The fourth-order valence-electron chi connectivity index (χ4n) is 3.55. The van der Waals surface area contributed by atoms with E-state index in [-0.39, 0.29) is 16.8 Å². The van der Waals surface area contributed by atoms with E-state index in [9.17, 15) is 52.4 Å². The van der Waals surface area contributed by atoms with Gasteiger partial charge in [0, 0.05) is 10.8 Å². The first-order valence-corrected chi connectivity index (χ1v) is 16.8. The molecule has 5 N–H and O–H groups in total. The van der Waals surface area contributed by atoms with E-state index in [0.717, 1.165) is 36.4 Å². The lowest BCUT2D eigenvalue weighted by Gasteiger charge is -2.10. The van der Waals surface area contributed by atoms with E-state index < -0.39 is 82.6 Å². The summed E-state index contributed by atoms with van der Waals surface area (Å²) in [4.78, 5) is -3.09. The topological polar surface area (TPSA) is 287 Å². The summed E-state index contributed by atoms with van der Waals surface area (Å²) in [5.41, 5.74) is -0.939. The van der Waals surface area contributed by atoms with Crippen LogP contribution in [0.4, 0.5) is 22.7 Å². The van der Waals surface area contributed by atoms with E-state index in [4.69, 9.17) is 4.55 Å².